The van der Waals surface area contributed by atoms with Crippen molar-refractivity contribution in [3.63, 3.8) is 0 Å². The Morgan fingerprint density at radius 1 is 1.00 bits per heavy atom. The molecular formula is C20H21N5O. The molecule has 6 heteroatoms. The largest absolute Gasteiger partial charge is 0.371 e. The molecule has 2 aromatic heterocycles. The standard InChI is InChI=1S/C20H21N5O/c1-4-11-24(12-5-1)15-8-9-16-17(22-26-20(16)14-15)10-13-25-19-7-3-2-6-18(19)21-23-25/h2-3,6-9,14H,1,4-5,10-13H2. The van der Waals surface area contributed by atoms with Crippen molar-refractivity contribution < 1.29 is 4.52 Å². The summed E-state index contributed by atoms with van der Waals surface area (Å²) < 4.78 is 7.54. The van der Waals surface area contributed by atoms with Crippen molar-refractivity contribution in [3.8, 4) is 0 Å². The molecule has 0 radical (unpaired) electrons. The summed E-state index contributed by atoms with van der Waals surface area (Å²) in [6.45, 7) is 2.99. The van der Waals surface area contributed by atoms with E-state index >= 15 is 0 Å². The maximum absolute atomic E-state index is 5.62. The summed E-state index contributed by atoms with van der Waals surface area (Å²) in [5, 5.41) is 13.9. The molecule has 6 nitrogen and oxygen atoms in total. The summed E-state index contributed by atoms with van der Waals surface area (Å²) in [4.78, 5) is 2.44. The smallest absolute Gasteiger partial charge is 0.169 e. The number of benzene rings is 2. The van der Waals surface area contributed by atoms with E-state index in [2.05, 4.69) is 38.6 Å². The molecule has 1 aliphatic rings. The number of anilines is 1. The van der Waals surface area contributed by atoms with Crippen LogP contribution in [0.2, 0.25) is 0 Å². The van der Waals surface area contributed by atoms with Crippen molar-refractivity contribution in [2.75, 3.05) is 18.0 Å². The number of hydrogen-bond acceptors (Lipinski definition) is 5. The highest BCUT2D eigenvalue weighted by Gasteiger charge is 2.15. The van der Waals surface area contributed by atoms with Crippen LogP contribution in [0.15, 0.2) is 47.0 Å². The molecule has 0 spiro atoms. The van der Waals surface area contributed by atoms with E-state index in [9.17, 15) is 0 Å². The third kappa shape index (κ3) is 2.71. The first-order valence-corrected chi connectivity index (χ1v) is 9.30. The maximum Gasteiger partial charge on any atom is 0.169 e. The van der Waals surface area contributed by atoms with Gasteiger partial charge in [0.05, 0.1) is 11.2 Å². The topological polar surface area (TPSA) is 60.0 Å². The number of piperidine rings is 1. The van der Waals surface area contributed by atoms with Crippen LogP contribution in [0.5, 0.6) is 0 Å². The molecule has 0 bridgehead atoms. The van der Waals surface area contributed by atoms with Crippen LogP contribution in [0.3, 0.4) is 0 Å². The number of aromatic nitrogens is 4. The van der Waals surface area contributed by atoms with Crippen LogP contribution in [0, 0.1) is 0 Å². The molecule has 0 atom stereocenters. The fraction of sp³-hybridized carbons (Fsp3) is 0.350. The summed E-state index contributed by atoms with van der Waals surface area (Å²) in [6.07, 6.45) is 4.64. The molecule has 26 heavy (non-hydrogen) atoms. The molecule has 0 N–H and O–H groups in total. The maximum atomic E-state index is 5.62. The van der Waals surface area contributed by atoms with Crippen LogP contribution in [-0.4, -0.2) is 33.2 Å². The van der Waals surface area contributed by atoms with Gasteiger partial charge in [0.2, 0.25) is 0 Å². The van der Waals surface area contributed by atoms with Crippen molar-refractivity contribution >= 4 is 27.7 Å². The van der Waals surface area contributed by atoms with Gasteiger partial charge in [-0.25, -0.2) is 4.68 Å². The predicted octanol–water partition coefficient (Wildman–Crippen LogP) is 3.81. The number of hydrogen-bond donors (Lipinski definition) is 0. The first-order valence-electron chi connectivity index (χ1n) is 9.30. The van der Waals surface area contributed by atoms with Gasteiger partial charge < -0.3 is 9.42 Å². The SMILES string of the molecule is c1ccc2c(c1)nnn2CCc1noc2cc(N3CCCCC3)ccc12. The minimum Gasteiger partial charge on any atom is -0.371 e. The molecule has 1 saturated heterocycles. The van der Waals surface area contributed by atoms with Gasteiger partial charge in [-0.1, -0.05) is 22.5 Å². The lowest BCUT2D eigenvalue weighted by molar-refractivity contribution is 0.441. The summed E-state index contributed by atoms with van der Waals surface area (Å²) >= 11 is 0. The molecule has 0 aliphatic carbocycles. The van der Waals surface area contributed by atoms with E-state index in [4.69, 9.17) is 4.52 Å². The summed E-state index contributed by atoms with van der Waals surface area (Å²) in [5.41, 5.74) is 5.05. The second-order valence-corrected chi connectivity index (χ2v) is 6.91. The van der Waals surface area contributed by atoms with Crippen LogP contribution in [0.25, 0.3) is 22.0 Å². The quantitative estimate of drug-likeness (QED) is 0.562. The van der Waals surface area contributed by atoms with Gasteiger partial charge in [0, 0.05) is 43.2 Å². The first-order chi connectivity index (χ1) is 12.9. The van der Waals surface area contributed by atoms with Crippen molar-refractivity contribution in [1.82, 2.24) is 20.2 Å². The third-order valence-electron chi connectivity index (χ3n) is 5.23. The van der Waals surface area contributed by atoms with Gasteiger partial charge in [-0.05, 0) is 43.5 Å². The van der Waals surface area contributed by atoms with Gasteiger partial charge in [0.1, 0.15) is 5.52 Å². The minimum absolute atomic E-state index is 0.732. The second-order valence-electron chi connectivity index (χ2n) is 6.91. The van der Waals surface area contributed by atoms with Gasteiger partial charge >= 0.3 is 0 Å². The lowest BCUT2D eigenvalue weighted by atomic mass is 10.1. The van der Waals surface area contributed by atoms with E-state index in [1.54, 1.807) is 0 Å². The van der Waals surface area contributed by atoms with E-state index < -0.39 is 0 Å². The highest BCUT2D eigenvalue weighted by molar-refractivity contribution is 5.83. The molecule has 0 saturated carbocycles. The van der Waals surface area contributed by atoms with E-state index in [1.165, 1.54) is 24.9 Å². The first kappa shape index (κ1) is 15.4. The van der Waals surface area contributed by atoms with Crippen LogP contribution in [-0.2, 0) is 13.0 Å². The fourth-order valence-corrected chi connectivity index (χ4v) is 3.80. The zero-order valence-electron chi connectivity index (χ0n) is 14.6. The normalized spacial score (nSPS) is 15.2. The molecule has 1 aliphatic heterocycles. The number of rotatable bonds is 4. The molecule has 2 aromatic carbocycles. The summed E-state index contributed by atoms with van der Waals surface area (Å²) in [7, 11) is 0. The van der Waals surface area contributed by atoms with E-state index in [1.807, 2.05) is 28.9 Å². The molecule has 3 heterocycles. The Morgan fingerprint density at radius 3 is 2.81 bits per heavy atom. The zero-order valence-corrected chi connectivity index (χ0v) is 14.6. The molecule has 0 amide bonds. The average Bonchev–Trinajstić information content (AvgIpc) is 3.30. The zero-order chi connectivity index (χ0) is 17.3. The van der Waals surface area contributed by atoms with Crippen molar-refractivity contribution in [3.05, 3.63) is 48.2 Å². The number of aryl methyl sites for hydroxylation is 2. The van der Waals surface area contributed by atoms with Gasteiger partial charge in [-0.15, -0.1) is 5.10 Å². The van der Waals surface area contributed by atoms with Gasteiger partial charge in [-0.2, -0.15) is 0 Å². The molecule has 132 valence electrons. The number of para-hydroxylation sites is 1. The van der Waals surface area contributed by atoms with Gasteiger partial charge in [0.15, 0.2) is 5.58 Å². The Bertz CT molecular complexity index is 1040. The molecule has 1 fully saturated rings. The van der Waals surface area contributed by atoms with Gasteiger partial charge in [0.25, 0.3) is 0 Å². The third-order valence-corrected chi connectivity index (χ3v) is 5.23. The highest BCUT2D eigenvalue weighted by Crippen LogP contribution is 2.27. The van der Waals surface area contributed by atoms with Crippen LogP contribution in [0.1, 0.15) is 25.0 Å². The van der Waals surface area contributed by atoms with Crippen molar-refractivity contribution in [2.24, 2.45) is 0 Å². The van der Waals surface area contributed by atoms with Crippen molar-refractivity contribution in [1.29, 1.82) is 0 Å². The summed E-state index contributed by atoms with van der Waals surface area (Å²) in [5.74, 6) is 0. The average molecular weight is 347 g/mol. The fourth-order valence-electron chi connectivity index (χ4n) is 3.80. The molecule has 4 aromatic rings. The number of fused-ring (bicyclic) bond motifs is 2. The lowest BCUT2D eigenvalue weighted by Gasteiger charge is -2.28. The van der Waals surface area contributed by atoms with Crippen molar-refractivity contribution in [2.45, 2.75) is 32.2 Å². The highest BCUT2D eigenvalue weighted by atomic mass is 16.5. The minimum atomic E-state index is 0.732. The van der Waals surface area contributed by atoms with E-state index in [-0.39, 0.29) is 0 Å². The predicted molar refractivity (Wildman–Crippen MR) is 101 cm³/mol. The number of nitrogens with zero attached hydrogens (tertiary/aromatic N) is 5. The lowest BCUT2D eigenvalue weighted by Crippen LogP contribution is -2.29. The van der Waals surface area contributed by atoms with E-state index in [0.717, 1.165) is 53.8 Å². The Balaban J connectivity index is 1.37. The Morgan fingerprint density at radius 2 is 1.88 bits per heavy atom. The Hall–Kier alpha value is -2.89. The molecule has 5 rings (SSSR count). The monoisotopic (exact) mass is 347 g/mol. The molecule has 0 unspecified atom stereocenters. The van der Waals surface area contributed by atoms with Gasteiger partial charge in [-0.3, -0.25) is 0 Å². The Kier molecular flexibility index (Phi) is 3.81. The van der Waals surface area contributed by atoms with Crippen LogP contribution in [0.4, 0.5) is 5.69 Å². The Labute approximate surface area is 151 Å². The second kappa shape index (κ2) is 6.44. The van der Waals surface area contributed by atoms with Crippen LogP contribution >= 0.6 is 0 Å². The molecular weight excluding hydrogens is 326 g/mol. The summed E-state index contributed by atoms with van der Waals surface area (Å²) in [6, 6.07) is 14.5. The van der Waals surface area contributed by atoms with Crippen LogP contribution < -0.4 is 4.90 Å². The van der Waals surface area contributed by atoms with E-state index in [0.29, 0.717) is 0 Å².